The Morgan fingerprint density at radius 1 is 0.534 bits per heavy atom. The Labute approximate surface area is 350 Å². The van der Waals surface area contributed by atoms with Gasteiger partial charge in [0.15, 0.2) is 0 Å². The second kappa shape index (κ2) is 12.5. The van der Waals surface area contributed by atoms with E-state index in [2.05, 4.69) is 207 Å². The van der Waals surface area contributed by atoms with Crippen molar-refractivity contribution < 1.29 is 0 Å². The van der Waals surface area contributed by atoms with Crippen molar-refractivity contribution in [2.75, 3.05) is 9.80 Å². The highest BCUT2D eigenvalue weighted by atomic mass is 32.1. The number of anilines is 6. The Hall–Kier alpha value is -5.06. The van der Waals surface area contributed by atoms with Crippen LogP contribution in [-0.2, 0) is 28.0 Å². The first-order valence-corrected chi connectivity index (χ1v) is 22.0. The van der Waals surface area contributed by atoms with E-state index in [1.54, 1.807) is 0 Å². The number of benzene rings is 6. The Bertz CT molecular complexity index is 2780. The lowest BCUT2D eigenvalue weighted by molar-refractivity contribution is 0.590. The molecule has 3 aliphatic rings. The summed E-state index contributed by atoms with van der Waals surface area (Å²) in [6, 6.07) is 47.5. The monoisotopic (exact) mass is 774 g/mol. The summed E-state index contributed by atoms with van der Waals surface area (Å²) < 4.78 is 2.80. The van der Waals surface area contributed by atoms with Crippen molar-refractivity contribution in [1.82, 2.24) is 0 Å². The predicted molar refractivity (Wildman–Crippen MR) is 254 cm³/mol. The third-order valence-electron chi connectivity index (χ3n) is 13.4. The molecule has 290 valence electrons. The molecule has 2 bridgehead atoms. The minimum Gasteiger partial charge on any atom is -0.311 e. The van der Waals surface area contributed by atoms with Gasteiger partial charge in [0, 0.05) is 37.3 Å². The van der Waals surface area contributed by atoms with E-state index in [0.29, 0.717) is 0 Å². The Kier molecular flexibility index (Phi) is 8.01. The van der Waals surface area contributed by atoms with Gasteiger partial charge in [-0.05, 0) is 127 Å². The third-order valence-corrected chi connectivity index (χ3v) is 14.7. The summed E-state index contributed by atoms with van der Waals surface area (Å²) in [5.74, 6) is 0. The van der Waals surface area contributed by atoms with Gasteiger partial charge in [0.05, 0.1) is 17.1 Å². The smallest absolute Gasteiger partial charge is 0.232 e. The van der Waals surface area contributed by atoms with Crippen molar-refractivity contribution in [3.05, 3.63) is 155 Å². The van der Waals surface area contributed by atoms with E-state index >= 15 is 0 Å². The quantitative estimate of drug-likeness (QED) is 0.161. The first kappa shape index (κ1) is 37.2. The molecule has 3 heterocycles. The van der Waals surface area contributed by atoms with Crippen LogP contribution in [0, 0.1) is 0 Å². The number of fused-ring (bicyclic) bond motifs is 10. The van der Waals surface area contributed by atoms with Gasteiger partial charge in [-0.3, -0.25) is 0 Å². The van der Waals surface area contributed by atoms with Crippen LogP contribution in [0.25, 0.3) is 21.2 Å². The lowest BCUT2D eigenvalue weighted by Gasteiger charge is -2.34. The Balaban J connectivity index is 1.32. The molecule has 1 aromatic heterocycles. The van der Waals surface area contributed by atoms with Crippen molar-refractivity contribution in [1.29, 1.82) is 0 Å². The first-order chi connectivity index (χ1) is 27.4. The molecule has 2 nitrogen and oxygen atoms in total. The van der Waals surface area contributed by atoms with Crippen LogP contribution in [0.3, 0.4) is 0 Å². The predicted octanol–water partition coefficient (Wildman–Crippen LogP) is 14.1. The molecule has 1 aliphatic carbocycles. The molecule has 0 spiro atoms. The molecule has 2 aliphatic heterocycles. The van der Waals surface area contributed by atoms with Crippen molar-refractivity contribution in [3.63, 3.8) is 0 Å². The Morgan fingerprint density at radius 3 is 1.72 bits per heavy atom. The van der Waals surface area contributed by atoms with Crippen LogP contribution in [0.2, 0.25) is 0 Å². The molecule has 10 rings (SSSR count). The van der Waals surface area contributed by atoms with Crippen LogP contribution in [0.15, 0.2) is 121 Å². The second-order valence-corrected chi connectivity index (χ2v) is 21.8. The highest BCUT2D eigenvalue weighted by Crippen LogP contribution is 2.54. The summed E-state index contributed by atoms with van der Waals surface area (Å²) in [6.45, 7) is 25.8. The topological polar surface area (TPSA) is 6.48 Å². The molecule has 0 N–H and O–H groups in total. The minimum absolute atomic E-state index is 0.0274. The number of hydrogen-bond donors (Lipinski definition) is 0. The van der Waals surface area contributed by atoms with Crippen molar-refractivity contribution in [3.8, 4) is 11.1 Å². The molecule has 0 saturated heterocycles. The van der Waals surface area contributed by atoms with Crippen molar-refractivity contribution >= 4 is 72.5 Å². The zero-order valence-corrected chi connectivity index (χ0v) is 37.0. The summed E-state index contributed by atoms with van der Waals surface area (Å²) in [7, 11) is 0. The SMILES string of the molecule is CC(C)(C)c1ccc(N2c3cc4c(cc3B3Cc5c2cccc5N(c2ccc(C(C)(C)C)cc2)c2c3sc3ccc(C(C)(C)C)cc23)C(C)(C)c2ccccc2-4)cc1. The number of hydrogen-bond acceptors (Lipinski definition) is 3. The molecule has 4 heteroatoms. The van der Waals surface area contributed by atoms with Gasteiger partial charge in [-0.2, -0.15) is 0 Å². The number of nitrogens with zero attached hydrogens (tertiary/aromatic N) is 2. The lowest BCUT2D eigenvalue weighted by Crippen LogP contribution is -2.44. The molecule has 0 saturated carbocycles. The summed E-state index contributed by atoms with van der Waals surface area (Å²) in [6.07, 6.45) is 0.920. The molecule has 0 unspecified atom stereocenters. The molecule has 0 fully saturated rings. The largest absolute Gasteiger partial charge is 0.311 e. The molecule has 0 radical (unpaired) electrons. The lowest BCUT2D eigenvalue weighted by atomic mass is 9.40. The van der Waals surface area contributed by atoms with E-state index in [-0.39, 0.29) is 28.4 Å². The normalized spacial score (nSPS) is 15.5. The van der Waals surface area contributed by atoms with E-state index < -0.39 is 0 Å². The molecule has 58 heavy (non-hydrogen) atoms. The third kappa shape index (κ3) is 5.58. The van der Waals surface area contributed by atoms with E-state index in [4.69, 9.17) is 0 Å². The Morgan fingerprint density at radius 2 is 1.10 bits per heavy atom. The van der Waals surface area contributed by atoms with E-state index in [0.717, 1.165) is 6.32 Å². The number of rotatable bonds is 2. The van der Waals surface area contributed by atoms with Crippen LogP contribution in [-0.4, -0.2) is 6.71 Å². The van der Waals surface area contributed by atoms with Gasteiger partial charge in [-0.15, -0.1) is 11.3 Å². The van der Waals surface area contributed by atoms with Gasteiger partial charge in [0.1, 0.15) is 0 Å². The fourth-order valence-electron chi connectivity index (χ4n) is 10.0. The highest BCUT2D eigenvalue weighted by molar-refractivity contribution is 7.31. The van der Waals surface area contributed by atoms with E-state index in [1.807, 2.05) is 11.3 Å². The molecule has 6 aromatic carbocycles. The molecular weight excluding hydrogens is 719 g/mol. The first-order valence-electron chi connectivity index (χ1n) is 21.2. The van der Waals surface area contributed by atoms with Crippen LogP contribution in [0.1, 0.15) is 110 Å². The van der Waals surface area contributed by atoms with Crippen molar-refractivity contribution in [2.24, 2.45) is 0 Å². The van der Waals surface area contributed by atoms with Gasteiger partial charge in [-0.1, -0.05) is 143 Å². The molecular formula is C54H55BN2S. The second-order valence-electron chi connectivity index (χ2n) is 20.7. The standard InChI is InChI=1S/C54H55BN2S/c1-51(2,3)33-19-24-36(25-20-33)56-45-17-14-18-46-41(45)32-55(44-31-43-39(30-47(44)56)38-15-12-13-16-42(38)54(43,10)11)50-49(40-29-35(53(7,8)9)23-28-48(40)58-50)57(46)37-26-21-34(22-27-37)52(4,5)6/h12-31H,32H2,1-11H3. The minimum atomic E-state index is -0.110. The van der Waals surface area contributed by atoms with Crippen LogP contribution in [0.5, 0.6) is 0 Å². The van der Waals surface area contributed by atoms with E-state index in [9.17, 15) is 0 Å². The summed E-state index contributed by atoms with van der Waals surface area (Å²) in [4.78, 5) is 5.23. The molecule has 0 amide bonds. The highest BCUT2D eigenvalue weighted by Gasteiger charge is 2.44. The summed E-state index contributed by atoms with van der Waals surface area (Å²) in [5, 5.41) is 1.35. The fraction of sp³-hybridized carbons (Fsp3) is 0.296. The van der Waals surface area contributed by atoms with Crippen molar-refractivity contribution in [2.45, 2.75) is 104 Å². The zero-order chi connectivity index (χ0) is 40.7. The van der Waals surface area contributed by atoms with Crippen LogP contribution in [0.4, 0.5) is 34.1 Å². The van der Waals surface area contributed by atoms with Gasteiger partial charge < -0.3 is 9.80 Å². The van der Waals surface area contributed by atoms with E-state index in [1.165, 1.54) is 99.0 Å². The summed E-state index contributed by atoms with van der Waals surface area (Å²) in [5.41, 5.74) is 20.1. The fourth-order valence-corrected chi connectivity index (χ4v) is 11.3. The average molecular weight is 775 g/mol. The van der Waals surface area contributed by atoms with Gasteiger partial charge in [-0.25, -0.2) is 0 Å². The van der Waals surface area contributed by atoms with Gasteiger partial charge in [0.2, 0.25) is 6.71 Å². The average Bonchev–Trinajstić information content (AvgIpc) is 3.53. The number of thiophene rings is 1. The maximum Gasteiger partial charge on any atom is 0.232 e. The summed E-state index contributed by atoms with van der Waals surface area (Å²) >= 11 is 2.01. The van der Waals surface area contributed by atoms with Crippen LogP contribution < -0.4 is 20.0 Å². The van der Waals surface area contributed by atoms with Gasteiger partial charge >= 0.3 is 0 Å². The van der Waals surface area contributed by atoms with Crippen LogP contribution >= 0.6 is 11.3 Å². The molecule has 0 atom stereocenters. The van der Waals surface area contributed by atoms with Gasteiger partial charge in [0.25, 0.3) is 0 Å². The maximum atomic E-state index is 2.63. The molecule has 7 aromatic rings. The zero-order valence-electron chi connectivity index (χ0n) is 36.1. The maximum absolute atomic E-state index is 2.63.